The number of aryl methyl sites for hydroxylation is 1. The molecule has 1 aromatic heterocycles. The van der Waals surface area contributed by atoms with E-state index in [0.29, 0.717) is 17.9 Å². The molecular weight excluding hydrogens is 232 g/mol. The Morgan fingerprint density at radius 1 is 1.39 bits per heavy atom. The van der Waals surface area contributed by atoms with Gasteiger partial charge in [-0.15, -0.1) is 0 Å². The van der Waals surface area contributed by atoms with Crippen molar-refractivity contribution in [2.75, 3.05) is 7.11 Å². The Morgan fingerprint density at radius 3 is 2.83 bits per heavy atom. The fourth-order valence-corrected chi connectivity index (χ4v) is 1.59. The molecule has 0 atom stereocenters. The minimum Gasteiger partial charge on any atom is -0.486 e. The summed E-state index contributed by atoms with van der Waals surface area (Å²) < 4.78 is 11.9. The van der Waals surface area contributed by atoms with Gasteiger partial charge in [0.25, 0.3) is 0 Å². The van der Waals surface area contributed by atoms with Crippen LogP contribution in [0, 0.1) is 0 Å². The molecule has 0 amide bonds. The zero-order valence-electron chi connectivity index (χ0n) is 10.3. The van der Waals surface area contributed by atoms with E-state index in [4.69, 9.17) is 9.47 Å². The number of hydrogen-bond donors (Lipinski definition) is 0. The van der Waals surface area contributed by atoms with E-state index in [0.717, 1.165) is 5.56 Å². The first-order chi connectivity index (χ1) is 8.70. The van der Waals surface area contributed by atoms with E-state index in [1.54, 1.807) is 29.2 Å². The monoisotopic (exact) mass is 246 g/mol. The molecule has 0 saturated carbocycles. The van der Waals surface area contributed by atoms with E-state index in [9.17, 15) is 4.79 Å². The van der Waals surface area contributed by atoms with Gasteiger partial charge in [-0.1, -0.05) is 18.2 Å². The summed E-state index contributed by atoms with van der Waals surface area (Å²) in [7, 11) is 3.18. The first-order valence-corrected chi connectivity index (χ1v) is 5.48. The van der Waals surface area contributed by atoms with Gasteiger partial charge in [-0.2, -0.15) is 5.10 Å². The predicted octanol–water partition coefficient (Wildman–Crippen LogP) is 1.79. The van der Waals surface area contributed by atoms with Gasteiger partial charge in [0.2, 0.25) is 0 Å². The minimum absolute atomic E-state index is 0.303. The van der Waals surface area contributed by atoms with Crippen molar-refractivity contribution >= 4 is 5.97 Å². The van der Waals surface area contributed by atoms with E-state index in [1.165, 1.54) is 7.11 Å². The molecule has 0 saturated heterocycles. The van der Waals surface area contributed by atoms with Crippen LogP contribution in [-0.4, -0.2) is 22.9 Å². The Bertz CT molecular complexity index is 549. The van der Waals surface area contributed by atoms with E-state index in [-0.39, 0.29) is 5.97 Å². The van der Waals surface area contributed by atoms with Gasteiger partial charge in [0.15, 0.2) is 5.75 Å². The normalized spacial score (nSPS) is 10.1. The second-order valence-corrected chi connectivity index (χ2v) is 3.79. The van der Waals surface area contributed by atoms with Crippen molar-refractivity contribution in [3.05, 3.63) is 47.8 Å². The van der Waals surface area contributed by atoms with Crippen molar-refractivity contribution in [2.45, 2.75) is 6.61 Å². The highest BCUT2D eigenvalue weighted by Gasteiger charge is 2.11. The molecule has 5 nitrogen and oxygen atoms in total. The van der Waals surface area contributed by atoms with Crippen LogP contribution in [0.25, 0.3) is 0 Å². The maximum Gasteiger partial charge on any atom is 0.338 e. The first kappa shape index (κ1) is 12.2. The molecule has 0 fully saturated rings. The van der Waals surface area contributed by atoms with Gasteiger partial charge in [-0.3, -0.25) is 4.68 Å². The summed E-state index contributed by atoms with van der Waals surface area (Å²) in [5.41, 5.74) is 1.30. The number of rotatable bonds is 4. The summed E-state index contributed by atoms with van der Waals surface area (Å²) in [6.07, 6.45) is 3.39. The molecule has 18 heavy (non-hydrogen) atoms. The molecule has 0 aliphatic rings. The van der Waals surface area contributed by atoms with Crippen molar-refractivity contribution in [1.29, 1.82) is 0 Å². The highest BCUT2D eigenvalue weighted by atomic mass is 16.5. The van der Waals surface area contributed by atoms with Crippen molar-refractivity contribution < 1.29 is 14.3 Å². The summed E-state index contributed by atoms with van der Waals surface area (Å²) in [6.45, 7) is 0.303. The van der Waals surface area contributed by atoms with Crippen LogP contribution in [0.3, 0.4) is 0 Å². The van der Waals surface area contributed by atoms with Crippen LogP contribution in [0.1, 0.15) is 15.9 Å². The first-order valence-electron chi connectivity index (χ1n) is 5.48. The van der Waals surface area contributed by atoms with Crippen molar-refractivity contribution in [1.82, 2.24) is 9.78 Å². The summed E-state index contributed by atoms with van der Waals surface area (Å²) in [6, 6.07) is 7.20. The molecule has 0 bridgehead atoms. The third-order valence-electron chi connectivity index (χ3n) is 2.50. The van der Waals surface area contributed by atoms with Crippen LogP contribution in [0.5, 0.6) is 5.75 Å². The lowest BCUT2D eigenvalue weighted by Gasteiger charge is -2.08. The summed E-state index contributed by atoms with van der Waals surface area (Å²) in [5, 5.41) is 4.00. The van der Waals surface area contributed by atoms with Crippen LogP contribution >= 0.6 is 0 Å². The van der Waals surface area contributed by atoms with Crippen LogP contribution in [-0.2, 0) is 18.4 Å². The molecule has 1 heterocycles. The van der Waals surface area contributed by atoms with Gasteiger partial charge in [0, 0.05) is 12.6 Å². The zero-order chi connectivity index (χ0) is 13.0. The minimum atomic E-state index is -0.361. The summed E-state index contributed by atoms with van der Waals surface area (Å²) in [5.74, 6) is 0.303. The lowest BCUT2D eigenvalue weighted by Crippen LogP contribution is -2.07. The Labute approximate surface area is 105 Å². The maximum absolute atomic E-state index is 11.6. The number of methoxy groups -OCH3 is 1. The lowest BCUT2D eigenvalue weighted by atomic mass is 10.1. The van der Waals surface area contributed by atoms with E-state index >= 15 is 0 Å². The second kappa shape index (κ2) is 5.35. The molecule has 0 aliphatic carbocycles. The topological polar surface area (TPSA) is 53.4 Å². The number of ether oxygens (including phenoxy) is 2. The zero-order valence-corrected chi connectivity index (χ0v) is 10.3. The Hall–Kier alpha value is -2.30. The molecule has 94 valence electrons. The van der Waals surface area contributed by atoms with Gasteiger partial charge >= 0.3 is 5.97 Å². The highest BCUT2D eigenvalue weighted by molar-refractivity contribution is 5.90. The Balaban J connectivity index is 2.11. The van der Waals surface area contributed by atoms with Gasteiger partial charge in [-0.05, 0) is 6.07 Å². The number of aromatic nitrogens is 2. The number of benzene rings is 1. The number of carbonyl (C=O) groups is 1. The molecule has 2 aromatic rings. The fraction of sp³-hybridized carbons (Fsp3) is 0.231. The Kier molecular flexibility index (Phi) is 3.62. The van der Waals surface area contributed by atoms with E-state index in [1.807, 2.05) is 19.2 Å². The molecule has 0 N–H and O–H groups in total. The number of hydrogen-bond acceptors (Lipinski definition) is 4. The molecule has 2 rings (SSSR count). The molecule has 0 aliphatic heterocycles. The highest BCUT2D eigenvalue weighted by Crippen LogP contribution is 2.14. The van der Waals surface area contributed by atoms with Crippen LogP contribution < -0.4 is 4.74 Å². The molecule has 0 spiro atoms. The van der Waals surface area contributed by atoms with Crippen molar-refractivity contribution in [2.24, 2.45) is 7.05 Å². The SMILES string of the molecule is COC(=O)c1ccccc1COc1cnn(C)c1. The Morgan fingerprint density at radius 2 is 2.17 bits per heavy atom. The van der Waals surface area contributed by atoms with E-state index < -0.39 is 0 Å². The maximum atomic E-state index is 11.6. The fourth-order valence-electron chi connectivity index (χ4n) is 1.59. The summed E-state index contributed by atoms with van der Waals surface area (Å²) in [4.78, 5) is 11.6. The van der Waals surface area contributed by atoms with Gasteiger partial charge in [-0.25, -0.2) is 4.79 Å². The number of carbonyl (C=O) groups excluding carboxylic acids is 1. The third kappa shape index (κ3) is 2.68. The van der Waals surface area contributed by atoms with E-state index in [2.05, 4.69) is 5.10 Å². The third-order valence-corrected chi connectivity index (χ3v) is 2.50. The van der Waals surface area contributed by atoms with Crippen molar-refractivity contribution in [3.8, 4) is 5.75 Å². The summed E-state index contributed by atoms with van der Waals surface area (Å²) >= 11 is 0. The van der Waals surface area contributed by atoms with Crippen LogP contribution in [0.15, 0.2) is 36.7 Å². The van der Waals surface area contributed by atoms with Gasteiger partial charge < -0.3 is 9.47 Å². The van der Waals surface area contributed by atoms with Gasteiger partial charge in [0.1, 0.15) is 6.61 Å². The lowest BCUT2D eigenvalue weighted by molar-refractivity contribution is 0.0597. The van der Waals surface area contributed by atoms with Gasteiger partial charge in [0.05, 0.1) is 25.1 Å². The standard InChI is InChI=1S/C13H14N2O3/c1-15-8-11(7-14-15)18-9-10-5-3-4-6-12(10)13(16)17-2/h3-8H,9H2,1-2H3. The average Bonchev–Trinajstić information content (AvgIpc) is 2.81. The molecule has 0 radical (unpaired) electrons. The van der Waals surface area contributed by atoms with Crippen LogP contribution in [0.2, 0.25) is 0 Å². The number of esters is 1. The molecule has 1 aromatic carbocycles. The molecule has 0 unspecified atom stereocenters. The van der Waals surface area contributed by atoms with Crippen LogP contribution in [0.4, 0.5) is 0 Å². The average molecular weight is 246 g/mol. The second-order valence-electron chi connectivity index (χ2n) is 3.79. The quantitative estimate of drug-likeness (QED) is 0.772. The molecule has 5 heteroatoms. The van der Waals surface area contributed by atoms with Crippen molar-refractivity contribution in [3.63, 3.8) is 0 Å². The predicted molar refractivity (Wildman–Crippen MR) is 65.3 cm³/mol. The molecular formula is C13H14N2O3. The number of nitrogens with zero attached hydrogens (tertiary/aromatic N) is 2. The largest absolute Gasteiger partial charge is 0.486 e. The smallest absolute Gasteiger partial charge is 0.338 e.